The molecule has 1 aromatic heterocycles. The van der Waals surface area contributed by atoms with E-state index in [1.165, 1.54) is 12.1 Å². The summed E-state index contributed by atoms with van der Waals surface area (Å²) in [6.07, 6.45) is 0. The van der Waals surface area contributed by atoms with Gasteiger partial charge in [-0.3, -0.25) is 9.59 Å². The second kappa shape index (κ2) is 7.40. The molecule has 0 radical (unpaired) electrons. The second-order valence-electron chi connectivity index (χ2n) is 7.41. The van der Waals surface area contributed by atoms with E-state index in [0.717, 1.165) is 17.2 Å². The van der Waals surface area contributed by atoms with E-state index in [2.05, 4.69) is 0 Å². The average molecular weight is 415 g/mol. The number of hydrogen-bond acceptors (Lipinski definition) is 4. The molecule has 1 amide bonds. The zero-order valence-corrected chi connectivity index (χ0v) is 16.7. The summed E-state index contributed by atoms with van der Waals surface area (Å²) in [6, 6.07) is 19.8. The first-order chi connectivity index (χ1) is 15.1. The van der Waals surface area contributed by atoms with Gasteiger partial charge in [-0.1, -0.05) is 42.5 Å². The number of carbonyl (C=O) groups is 1. The van der Waals surface area contributed by atoms with E-state index in [4.69, 9.17) is 9.15 Å². The first-order valence-corrected chi connectivity index (χ1v) is 9.82. The van der Waals surface area contributed by atoms with Gasteiger partial charge >= 0.3 is 0 Å². The molecule has 1 aliphatic heterocycles. The van der Waals surface area contributed by atoms with Crippen LogP contribution in [0.3, 0.4) is 0 Å². The third-order valence-corrected chi connectivity index (χ3v) is 5.56. The highest BCUT2D eigenvalue weighted by Crippen LogP contribution is 2.39. The molecule has 3 aromatic carbocycles. The number of benzene rings is 3. The lowest BCUT2D eigenvalue weighted by Gasteiger charge is -2.25. The van der Waals surface area contributed by atoms with Crippen LogP contribution in [0.5, 0.6) is 5.75 Å². The summed E-state index contributed by atoms with van der Waals surface area (Å²) in [7, 11) is 1.59. The number of carbonyl (C=O) groups excluding carboxylic acids is 1. The maximum absolute atomic E-state index is 13.8. The molecule has 5 nitrogen and oxygen atoms in total. The van der Waals surface area contributed by atoms with Gasteiger partial charge in [-0.25, -0.2) is 4.39 Å². The molecule has 1 aliphatic rings. The Hall–Kier alpha value is -3.93. The third kappa shape index (κ3) is 3.17. The van der Waals surface area contributed by atoms with Crippen LogP contribution in [0.4, 0.5) is 4.39 Å². The topological polar surface area (TPSA) is 59.8 Å². The summed E-state index contributed by atoms with van der Waals surface area (Å²) in [6.45, 7) is 0.275. The zero-order chi connectivity index (χ0) is 21.5. The number of hydrogen-bond donors (Lipinski definition) is 0. The third-order valence-electron chi connectivity index (χ3n) is 5.56. The van der Waals surface area contributed by atoms with Crippen molar-refractivity contribution in [2.24, 2.45) is 0 Å². The van der Waals surface area contributed by atoms with Crippen molar-refractivity contribution in [3.05, 3.63) is 111 Å². The molecule has 0 spiro atoms. The fourth-order valence-corrected chi connectivity index (χ4v) is 4.07. The van der Waals surface area contributed by atoms with E-state index in [9.17, 15) is 14.0 Å². The molecule has 0 saturated heterocycles. The van der Waals surface area contributed by atoms with Gasteiger partial charge in [0.25, 0.3) is 5.91 Å². The largest absolute Gasteiger partial charge is 0.497 e. The van der Waals surface area contributed by atoms with Crippen LogP contribution in [0.25, 0.3) is 11.0 Å². The fourth-order valence-electron chi connectivity index (χ4n) is 4.07. The van der Waals surface area contributed by atoms with E-state index < -0.39 is 17.3 Å². The number of amides is 1. The molecule has 0 N–H and O–H groups in total. The molecule has 4 aromatic rings. The van der Waals surface area contributed by atoms with E-state index in [0.29, 0.717) is 5.75 Å². The van der Waals surface area contributed by atoms with Gasteiger partial charge in [-0.15, -0.1) is 0 Å². The monoisotopic (exact) mass is 415 g/mol. The minimum absolute atomic E-state index is 0.00599. The van der Waals surface area contributed by atoms with Gasteiger partial charge in [0.05, 0.1) is 24.1 Å². The van der Waals surface area contributed by atoms with Gasteiger partial charge in [0.1, 0.15) is 17.1 Å². The zero-order valence-electron chi connectivity index (χ0n) is 16.7. The summed E-state index contributed by atoms with van der Waals surface area (Å²) in [5.41, 5.74) is 1.70. The molecule has 6 heteroatoms. The Bertz CT molecular complexity index is 1350. The number of fused-ring (bicyclic) bond motifs is 2. The summed E-state index contributed by atoms with van der Waals surface area (Å²) in [5.74, 6) is -0.186. The lowest BCUT2D eigenvalue weighted by atomic mass is 9.98. The van der Waals surface area contributed by atoms with Gasteiger partial charge in [0.15, 0.2) is 5.43 Å². The van der Waals surface area contributed by atoms with Crippen molar-refractivity contribution in [2.75, 3.05) is 7.11 Å². The number of nitrogens with zero attached hydrogens (tertiary/aromatic N) is 1. The molecule has 31 heavy (non-hydrogen) atoms. The van der Waals surface area contributed by atoms with Crippen LogP contribution in [0.2, 0.25) is 0 Å². The molecular weight excluding hydrogens is 397 g/mol. The predicted octanol–water partition coefficient (Wildman–Crippen LogP) is 4.69. The minimum atomic E-state index is -0.630. The van der Waals surface area contributed by atoms with Crippen LogP contribution >= 0.6 is 0 Å². The van der Waals surface area contributed by atoms with Crippen molar-refractivity contribution < 1.29 is 18.3 Å². The van der Waals surface area contributed by atoms with Gasteiger partial charge in [-0.2, -0.15) is 0 Å². The molecule has 0 saturated carbocycles. The molecule has 0 unspecified atom stereocenters. The second-order valence-corrected chi connectivity index (χ2v) is 7.41. The maximum Gasteiger partial charge on any atom is 0.291 e. The van der Waals surface area contributed by atoms with Gasteiger partial charge in [0, 0.05) is 6.54 Å². The highest BCUT2D eigenvalue weighted by atomic mass is 19.1. The minimum Gasteiger partial charge on any atom is -0.497 e. The Morgan fingerprint density at radius 3 is 2.45 bits per heavy atom. The quantitative estimate of drug-likeness (QED) is 0.485. The molecule has 0 aliphatic carbocycles. The highest BCUT2D eigenvalue weighted by molar-refractivity contribution is 5.99. The molecular formula is C25H18FNO4. The van der Waals surface area contributed by atoms with Crippen molar-refractivity contribution in [1.82, 2.24) is 4.90 Å². The lowest BCUT2D eigenvalue weighted by molar-refractivity contribution is 0.0714. The van der Waals surface area contributed by atoms with E-state index >= 15 is 0 Å². The summed E-state index contributed by atoms with van der Waals surface area (Å²) in [5, 5.41) is 0.124. The summed E-state index contributed by atoms with van der Waals surface area (Å²) in [4.78, 5) is 28.3. The Morgan fingerprint density at radius 2 is 1.74 bits per heavy atom. The number of methoxy groups -OCH3 is 1. The standard InChI is InChI=1S/C25H18FNO4/c1-30-18-10-7-15(8-11-18)14-27-22(16-5-3-2-4-6-16)21-23(28)19-13-17(26)9-12-20(19)31-24(21)25(27)29/h2-13,22H,14H2,1H3/t22-/m1/s1. The molecule has 5 rings (SSSR count). The smallest absolute Gasteiger partial charge is 0.291 e. The molecule has 0 bridgehead atoms. The van der Waals surface area contributed by atoms with Gasteiger partial charge in [0.2, 0.25) is 5.76 Å². The highest BCUT2D eigenvalue weighted by Gasteiger charge is 2.42. The maximum atomic E-state index is 13.8. The number of rotatable bonds is 4. The fraction of sp³-hybridized carbons (Fsp3) is 0.120. The van der Waals surface area contributed by atoms with Crippen molar-refractivity contribution in [1.29, 1.82) is 0 Å². The predicted molar refractivity (Wildman–Crippen MR) is 114 cm³/mol. The van der Waals surface area contributed by atoms with Crippen LogP contribution in [-0.4, -0.2) is 17.9 Å². The first kappa shape index (κ1) is 19.1. The van der Waals surface area contributed by atoms with Gasteiger partial charge in [-0.05, 0) is 41.5 Å². The van der Waals surface area contributed by atoms with Crippen molar-refractivity contribution in [3.63, 3.8) is 0 Å². The van der Waals surface area contributed by atoms with Gasteiger partial charge < -0.3 is 14.1 Å². The lowest BCUT2D eigenvalue weighted by Crippen LogP contribution is -2.29. The van der Waals surface area contributed by atoms with Crippen LogP contribution in [0.15, 0.2) is 82.0 Å². The first-order valence-electron chi connectivity index (χ1n) is 9.82. The van der Waals surface area contributed by atoms with E-state index in [1.54, 1.807) is 12.0 Å². The Kier molecular flexibility index (Phi) is 4.55. The van der Waals surface area contributed by atoms with Crippen LogP contribution in [0, 0.1) is 5.82 Å². The summed E-state index contributed by atoms with van der Waals surface area (Å²) < 4.78 is 24.9. The Morgan fingerprint density at radius 1 is 1.00 bits per heavy atom. The van der Waals surface area contributed by atoms with Crippen LogP contribution < -0.4 is 10.2 Å². The summed E-state index contributed by atoms with van der Waals surface area (Å²) >= 11 is 0. The van der Waals surface area contributed by atoms with Crippen molar-refractivity contribution in [3.8, 4) is 5.75 Å². The van der Waals surface area contributed by atoms with Crippen molar-refractivity contribution in [2.45, 2.75) is 12.6 Å². The molecule has 1 atom stereocenters. The average Bonchev–Trinajstić information content (AvgIpc) is 3.07. The van der Waals surface area contributed by atoms with E-state index in [1.807, 2.05) is 54.6 Å². The Labute approximate surface area is 177 Å². The SMILES string of the molecule is COc1ccc(CN2C(=O)c3oc4ccc(F)cc4c(=O)c3[C@H]2c2ccccc2)cc1. The van der Waals surface area contributed by atoms with Crippen LogP contribution in [-0.2, 0) is 6.54 Å². The molecule has 2 heterocycles. The van der Waals surface area contributed by atoms with E-state index in [-0.39, 0.29) is 34.7 Å². The molecule has 0 fully saturated rings. The Balaban J connectivity index is 1.68. The molecule has 154 valence electrons. The normalized spacial score (nSPS) is 15.4. The van der Waals surface area contributed by atoms with Crippen LogP contribution in [0.1, 0.15) is 33.3 Å². The number of ether oxygens (including phenoxy) is 1. The number of halogens is 1. The van der Waals surface area contributed by atoms with Crippen molar-refractivity contribution >= 4 is 16.9 Å².